The molecule has 1 saturated heterocycles. The van der Waals surface area contributed by atoms with E-state index < -0.39 is 11.7 Å². The van der Waals surface area contributed by atoms with E-state index in [1.807, 2.05) is 0 Å². The number of carbonyl (C=O) groups excluding carboxylic acids is 1. The van der Waals surface area contributed by atoms with Gasteiger partial charge in [-0.05, 0) is 37.1 Å². The second kappa shape index (κ2) is 10.6. The van der Waals surface area contributed by atoms with Crippen LogP contribution in [0.5, 0.6) is 17.2 Å². The fourth-order valence-electron chi connectivity index (χ4n) is 4.00. The van der Waals surface area contributed by atoms with Gasteiger partial charge in [0.1, 0.15) is 11.5 Å². The zero-order valence-corrected chi connectivity index (χ0v) is 19.4. The minimum atomic E-state index is -0.567. The molecule has 1 unspecified atom stereocenters. The number of ether oxygens (including phenoxy) is 4. The predicted octanol–water partition coefficient (Wildman–Crippen LogP) is 4.33. The van der Waals surface area contributed by atoms with Crippen LogP contribution in [0.3, 0.4) is 0 Å². The van der Waals surface area contributed by atoms with E-state index in [0.717, 1.165) is 12.8 Å². The molecule has 0 aliphatic carbocycles. The third kappa shape index (κ3) is 4.99. The summed E-state index contributed by atoms with van der Waals surface area (Å²) >= 11 is 0. The van der Waals surface area contributed by atoms with E-state index in [0.29, 0.717) is 47.4 Å². The highest BCUT2D eigenvalue weighted by Gasteiger charge is 2.26. The second-order valence-corrected chi connectivity index (χ2v) is 7.90. The first kappa shape index (κ1) is 23.6. The Morgan fingerprint density at radius 2 is 1.85 bits per heavy atom. The predicted molar refractivity (Wildman–Crippen MR) is 122 cm³/mol. The van der Waals surface area contributed by atoms with Crippen molar-refractivity contribution in [2.24, 2.45) is 0 Å². The maximum Gasteiger partial charge on any atom is 0.257 e. The molecule has 0 radical (unpaired) electrons. The molecule has 0 bridgehead atoms. The molecular weight excluding hydrogens is 443 g/mol. The Balaban J connectivity index is 1.60. The van der Waals surface area contributed by atoms with E-state index >= 15 is 0 Å². The molecule has 1 amide bonds. The Labute approximate surface area is 197 Å². The first-order valence-corrected chi connectivity index (χ1v) is 11.0. The molecule has 1 aliphatic heterocycles. The van der Waals surface area contributed by atoms with Crippen molar-refractivity contribution in [3.05, 3.63) is 59.5 Å². The maximum absolute atomic E-state index is 14.3. The van der Waals surface area contributed by atoms with Crippen molar-refractivity contribution in [1.82, 2.24) is 10.1 Å². The number of hydrogen-bond acceptors (Lipinski definition) is 7. The van der Waals surface area contributed by atoms with E-state index in [-0.39, 0.29) is 18.2 Å². The van der Waals surface area contributed by atoms with Gasteiger partial charge >= 0.3 is 0 Å². The Kier molecular flexibility index (Phi) is 7.32. The molecule has 8 nitrogen and oxygen atoms in total. The molecule has 2 heterocycles. The molecule has 1 atom stereocenters. The zero-order valence-electron chi connectivity index (χ0n) is 19.4. The number of halogens is 1. The number of benzene rings is 2. The van der Waals surface area contributed by atoms with Gasteiger partial charge in [-0.15, -0.1) is 0 Å². The normalized spacial score (nSPS) is 15.2. The highest BCUT2D eigenvalue weighted by Crippen LogP contribution is 2.41. The van der Waals surface area contributed by atoms with Crippen LogP contribution in [0.25, 0.3) is 11.3 Å². The van der Waals surface area contributed by atoms with Crippen molar-refractivity contribution in [3.8, 4) is 28.6 Å². The van der Waals surface area contributed by atoms with Crippen LogP contribution in [-0.4, -0.2) is 56.5 Å². The molecule has 0 saturated carbocycles. The van der Waals surface area contributed by atoms with Gasteiger partial charge in [-0.1, -0.05) is 17.3 Å². The molecule has 1 aliphatic rings. The monoisotopic (exact) mass is 470 g/mol. The van der Waals surface area contributed by atoms with Gasteiger partial charge in [0.05, 0.1) is 39.5 Å². The van der Waals surface area contributed by atoms with E-state index in [4.69, 9.17) is 23.5 Å². The van der Waals surface area contributed by atoms with Gasteiger partial charge in [-0.3, -0.25) is 4.79 Å². The van der Waals surface area contributed by atoms with E-state index in [9.17, 15) is 9.18 Å². The summed E-state index contributed by atoms with van der Waals surface area (Å²) in [5, 5.41) is 4.14. The molecule has 1 fully saturated rings. The standard InChI is InChI=1S/C25H27FN2O6/c1-30-22-11-16(12-23(31-2)24(22)32-3)21-13-17(27-34-21)14-28(15-18-7-6-10-33-18)25(29)19-8-4-5-9-20(19)26/h4-5,8-9,11-13,18H,6-7,10,14-15H2,1-3H3. The van der Waals surface area contributed by atoms with E-state index in [1.165, 1.54) is 33.5 Å². The summed E-state index contributed by atoms with van der Waals surface area (Å²) in [4.78, 5) is 14.7. The van der Waals surface area contributed by atoms with Gasteiger partial charge < -0.3 is 28.4 Å². The van der Waals surface area contributed by atoms with Crippen LogP contribution in [0.1, 0.15) is 28.9 Å². The summed E-state index contributed by atoms with van der Waals surface area (Å²) in [6, 6.07) is 11.2. The van der Waals surface area contributed by atoms with Crippen LogP contribution in [-0.2, 0) is 11.3 Å². The average molecular weight is 470 g/mol. The Hall–Kier alpha value is -3.59. The van der Waals surface area contributed by atoms with E-state index in [1.54, 1.807) is 35.2 Å². The molecule has 1 aromatic heterocycles. The second-order valence-electron chi connectivity index (χ2n) is 7.90. The fourth-order valence-corrected chi connectivity index (χ4v) is 4.00. The minimum Gasteiger partial charge on any atom is -0.493 e. The van der Waals surface area contributed by atoms with Gasteiger partial charge in [-0.2, -0.15) is 0 Å². The number of methoxy groups -OCH3 is 3. The third-order valence-corrected chi connectivity index (χ3v) is 5.70. The van der Waals surface area contributed by atoms with E-state index in [2.05, 4.69) is 5.16 Å². The molecule has 34 heavy (non-hydrogen) atoms. The van der Waals surface area contributed by atoms with Crippen LogP contribution < -0.4 is 14.2 Å². The molecule has 0 N–H and O–H groups in total. The molecule has 9 heteroatoms. The lowest BCUT2D eigenvalue weighted by atomic mass is 10.1. The van der Waals surface area contributed by atoms with Crippen LogP contribution in [0, 0.1) is 5.82 Å². The van der Waals surface area contributed by atoms with Crippen molar-refractivity contribution in [1.29, 1.82) is 0 Å². The Morgan fingerprint density at radius 1 is 1.12 bits per heavy atom. The van der Waals surface area contributed by atoms with Crippen molar-refractivity contribution in [2.45, 2.75) is 25.5 Å². The SMILES string of the molecule is COc1cc(-c2cc(CN(CC3CCCO3)C(=O)c3ccccc3F)no2)cc(OC)c1OC. The van der Waals surface area contributed by atoms with Crippen LogP contribution in [0.4, 0.5) is 4.39 Å². The van der Waals surface area contributed by atoms with Crippen LogP contribution in [0.2, 0.25) is 0 Å². The van der Waals surface area contributed by atoms with Gasteiger partial charge in [-0.25, -0.2) is 4.39 Å². The number of aromatic nitrogens is 1. The lowest BCUT2D eigenvalue weighted by Gasteiger charge is -2.24. The molecule has 0 spiro atoms. The Bertz CT molecular complexity index is 1120. The molecule has 2 aromatic carbocycles. The molecule has 3 aromatic rings. The first-order chi connectivity index (χ1) is 16.5. The summed E-state index contributed by atoms with van der Waals surface area (Å²) in [5.41, 5.74) is 1.19. The number of rotatable bonds is 9. The molecule has 180 valence electrons. The van der Waals surface area contributed by atoms with Gasteiger partial charge in [0.15, 0.2) is 17.3 Å². The molecule has 4 rings (SSSR count). The quantitative estimate of drug-likeness (QED) is 0.460. The lowest BCUT2D eigenvalue weighted by Crippen LogP contribution is -2.37. The topological polar surface area (TPSA) is 83.3 Å². The van der Waals surface area contributed by atoms with Crippen molar-refractivity contribution >= 4 is 5.91 Å². The fraction of sp³-hybridized carbons (Fsp3) is 0.360. The summed E-state index contributed by atoms with van der Waals surface area (Å²) in [6.07, 6.45) is 1.68. The summed E-state index contributed by atoms with van der Waals surface area (Å²) in [7, 11) is 4.59. The highest BCUT2D eigenvalue weighted by molar-refractivity contribution is 5.94. The van der Waals surface area contributed by atoms with Crippen LogP contribution in [0.15, 0.2) is 47.0 Å². The summed E-state index contributed by atoms with van der Waals surface area (Å²) < 4.78 is 41.8. The highest BCUT2D eigenvalue weighted by atomic mass is 19.1. The average Bonchev–Trinajstić information content (AvgIpc) is 3.55. The van der Waals surface area contributed by atoms with Crippen LogP contribution >= 0.6 is 0 Å². The number of carbonyl (C=O) groups is 1. The van der Waals surface area contributed by atoms with Crippen molar-refractivity contribution in [3.63, 3.8) is 0 Å². The smallest absolute Gasteiger partial charge is 0.257 e. The van der Waals surface area contributed by atoms with Gasteiger partial charge in [0.25, 0.3) is 5.91 Å². The number of hydrogen-bond donors (Lipinski definition) is 0. The lowest BCUT2D eigenvalue weighted by molar-refractivity contribution is 0.0499. The van der Waals surface area contributed by atoms with Crippen molar-refractivity contribution < 1.29 is 32.7 Å². The summed E-state index contributed by atoms with van der Waals surface area (Å²) in [5.74, 6) is 0.888. The summed E-state index contributed by atoms with van der Waals surface area (Å²) in [6.45, 7) is 1.13. The number of nitrogens with zero attached hydrogens (tertiary/aromatic N) is 2. The molecular formula is C25H27FN2O6. The Morgan fingerprint density at radius 3 is 2.47 bits per heavy atom. The van der Waals surface area contributed by atoms with Gasteiger partial charge in [0, 0.05) is 24.8 Å². The zero-order chi connectivity index (χ0) is 24.1. The third-order valence-electron chi connectivity index (χ3n) is 5.70. The minimum absolute atomic E-state index is 0.00819. The first-order valence-electron chi connectivity index (χ1n) is 11.0. The number of amides is 1. The maximum atomic E-state index is 14.3. The van der Waals surface area contributed by atoms with Crippen molar-refractivity contribution in [2.75, 3.05) is 34.5 Å². The van der Waals surface area contributed by atoms with Gasteiger partial charge in [0.2, 0.25) is 5.75 Å². The largest absolute Gasteiger partial charge is 0.493 e.